The number of hydrazine groups is 1. The summed E-state index contributed by atoms with van der Waals surface area (Å²) in [5.74, 6) is 0.205. The summed E-state index contributed by atoms with van der Waals surface area (Å²) in [5, 5.41) is 0. The molecule has 2 N–H and O–H groups in total. The molecule has 0 saturated heterocycles. The van der Waals surface area contributed by atoms with E-state index in [2.05, 4.69) is 43.8 Å². The molecule has 2 aromatic rings. The zero-order valence-corrected chi connectivity index (χ0v) is 16.5. The van der Waals surface area contributed by atoms with Crippen molar-refractivity contribution in [2.24, 2.45) is 0 Å². The first-order chi connectivity index (χ1) is 12.8. The summed E-state index contributed by atoms with van der Waals surface area (Å²) in [7, 11) is 0. The number of carbonyl (C=O) groups is 2. The lowest BCUT2D eigenvalue weighted by Gasteiger charge is -2.19. The third-order valence-electron chi connectivity index (χ3n) is 4.17. The van der Waals surface area contributed by atoms with Gasteiger partial charge in [0.05, 0.1) is 6.61 Å². The summed E-state index contributed by atoms with van der Waals surface area (Å²) in [4.78, 5) is 23.7. The van der Waals surface area contributed by atoms with Crippen LogP contribution < -0.4 is 15.6 Å². The van der Waals surface area contributed by atoms with Crippen molar-refractivity contribution in [3.63, 3.8) is 0 Å². The lowest BCUT2D eigenvalue weighted by atomic mass is 9.87. The Balaban J connectivity index is 1.66. The van der Waals surface area contributed by atoms with Gasteiger partial charge in [0, 0.05) is 12.0 Å². The SMILES string of the molecule is Cc1ccc(C(=O)NNC(=O)CCCOc2ccc(C(C)(C)C)cc2)cc1. The predicted molar refractivity (Wildman–Crippen MR) is 107 cm³/mol. The molecule has 5 heteroatoms. The fourth-order valence-corrected chi connectivity index (χ4v) is 2.44. The van der Waals surface area contributed by atoms with Crippen LogP contribution in [0.15, 0.2) is 48.5 Å². The van der Waals surface area contributed by atoms with E-state index in [1.165, 1.54) is 5.56 Å². The lowest BCUT2D eigenvalue weighted by molar-refractivity contribution is -0.122. The Kier molecular flexibility index (Phi) is 6.99. The Morgan fingerprint density at radius 1 is 0.926 bits per heavy atom. The molecule has 2 rings (SSSR count). The lowest BCUT2D eigenvalue weighted by Crippen LogP contribution is -2.41. The zero-order valence-electron chi connectivity index (χ0n) is 16.5. The van der Waals surface area contributed by atoms with Gasteiger partial charge in [0.2, 0.25) is 5.91 Å². The van der Waals surface area contributed by atoms with Gasteiger partial charge in [-0.2, -0.15) is 0 Å². The summed E-state index contributed by atoms with van der Waals surface area (Å²) in [6, 6.07) is 15.1. The number of rotatable bonds is 6. The summed E-state index contributed by atoms with van der Waals surface area (Å²) in [6.07, 6.45) is 0.835. The van der Waals surface area contributed by atoms with Gasteiger partial charge in [-0.25, -0.2) is 0 Å². The minimum absolute atomic E-state index is 0.111. The predicted octanol–water partition coefficient (Wildman–Crippen LogP) is 3.91. The fraction of sp³-hybridized carbons (Fsp3) is 0.364. The molecule has 0 aliphatic heterocycles. The first kappa shape index (κ1) is 20.5. The second-order valence-electron chi connectivity index (χ2n) is 7.59. The monoisotopic (exact) mass is 368 g/mol. The minimum Gasteiger partial charge on any atom is -0.494 e. The van der Waals surface area contributed by atoms with Gasteiger partial charge in [0.25, 0.3) is 5.91 Å². The largest absolute Gasteiger partial charge is 0.494 e. The maximum absolute atomic E-state index is 11.9. The number of benzene rings is 2. The summed E-state index contributed by atoms with van der Waals surface area (Å²) in [6.45, 7) is 8.88. The smallest absolute Gasteiger partial charge is 0.269 e. The van der Waals surface area contributed by atoms with Crippen LogP contribution >= 0.6 is 0 Å². The number of nitrogens with one attached hydrogen (secondary N) is 2. The number of amides is 2. The summed E-state index contributed by atoms with van der Waals surface area (Å²) >= 11 is 0. The summed E-state index contributed by atoms with van der Waals surface area (Å²) in [5.41, 5.74) is 7.78. The Bertz CT molecular complexity index is 760. The van der Waals surface area contributed by atoms with Crippen LogP contribution in [0.25, 0.3) is 0 Å². The Hall–Kier alpha value is -2.82. The molecule has 0 aliphatic carbocycles. The molecule has 0 aliphatic rings. The number of carbonyl (C=O) groups excluding carboxylic acids is 2. The van der Waals surface area contributed by atoms with E-state index in [4.69, 9.17) is 4.74 Å². The fourth-order valence-electron chi connectivity index (χ4n) is 2.44. The van der Waals surface area contributed by atoms with Crippen LogP contribution in [-0.4, -0.2) is 18.4 Å². The molecule has 27 heavy (non-hydrogen) atoms. The highest BCUT2D eigenvalue weighted by Gasteiger charge is 2.13. The maximum Gasteiger partial charge on any atom is 0.269 e. The van der Waals surface area contributed by atoms with E-state index in [-0.39, 0.29) is 23.7 Å². The van der Waals surface area contributed by atoms with Crippen molar-refractivity contribution >= 4 is 11.8 Å². The highest BCUT2D eigenvalue weighted by Crippen LogP contribution is 2.24. The van der Waals surface area contributed by atoms with E-state index >= 15 is 0 Å². The van der Waals surface area contributed by atoms with Gasteiger partial charge in [-0.3, -0.25) is 20.4 Å². The van der Waals surface area contributed by atoms with Crippen LogP contribution in [0, 0.1) is 6.92 Å². The van der Waals surface area contributed by atoms with Crippen molar-refractivity contribution < 1.29 is 14.3 Å². The van der Waals surface area contributed by atoms with Crippen molar-refractivity contribution in [2.75, 3.05) is 6.61 Å². The molecule has 5 nitrogen and oxygen atoms in total. The topological polar surface area (TPSA) is 67.4 Å². The van der Waals surface area contributed by atoms with Crippen LogP contribution in [-0.2, 0) is 10.2 Å². The van der Waals surface area contributed by atoms with E-state index in [0.717, 1.165) is 11.3 Å². The van der Waals surface area contributed by atoms with Crippen molar-refractivity contribution in [2.45, 2.75) is 46.0 Å². The van der Waals surface area contributed by atoms with E-state index in [1.54, 1.807) is 12.1 Å². The van der Waals surface area contributed by atoms with Gasteiger partial charge in [-0.05, 0) is 48.6 Å². The van der Waals surface area contributed by atoms with Crippen LogP contribution in [0.2, 0.25) is 0 Å². The first-order valence-electron chi connectivity index (χ1n) is 9.15. The van der Waals surface area contributed by atoms with Gasteiger partial charge in [0.15, 0.2) is 0 Å². The van der Waals surface area contributed by atoms with Crippen LogP contribution in [0.4, 0.5) is 0 Å². The van der Waals surface area contributed by atoms with Crippen LogP contribution in [0.1, 0.15) is 55.1 Å². The number of ether oxygens (including phenoxy) is 1. The highest BCUT2D eigenvalue weighted by molar-refractivity contribution is 5.95. The average Bonchev–Trinajstić information content (AvgIpc) is 2.63. The van der Waals surface area contributed by atoms with Crippen LogP contribution in [0.5, 0.6) is 5.75 Å². The summed E-state index contributed by atoms with van der Waals surface area (Å²) < 4.78 is 5.66. The second-order valence-corrected chi connectivity index (χ2v) is 7.59. The van der Waals surface area contributed by atoms with Gasteiger partial charge in [0.1, 0.15) is 5.75 Å². The third-order valence-corrected chi connectivity index (χ3v) is 4.17. The van der Waals surface area contributed by atoms with Gasteiger partial charge >= 0.3 is 0 Å². The Labute approximate surface area is 161 Å². The van der Waals surface area contributed by atoms with Gasteiger partial charge < -0.3 is 4.74 Å². The molecular formula is C22H28N2O3. The van der Waals surface area contributed by atoms with E-state index < -0.39 is 0 Å². The molecule has 0 spiro atoms. The van der Waals surface area contributed by atoms with E-state index in [9.17, 15) is 9.59 Å². The molecule has 0 heterocycles. The Morgan fingerprint density at radius 3 is 2.15 bits per heavy atom. The van der Waals surface area contributed by atoms with Crippen molar-refractivity contribution in [1.82, 2.24) is 10.9 Å². The maximum atomic E-state index is 11.9. The standard InChI is InChI=1S/C22H28N2O3/c1-16-7-9-17(10-8-16)21(26)24-23-20(25)6-5-15-27-19-13-11-18(12-14-19)22(2,3)4/h7-14H,5-6,15H2,1-4H3,(H,23,25)(H,24,26). The van der Waals surface area contributed by atoms with Crippen molar-refractivity contribution in [3.05, 3.63) is 65.2 Å². The zero-order chi connectivity index (χ0) is 19.9. The average molecular weight is 368 g/mol. The molecular weight excluding hydrogens is 340 g/mol. The van der Waals surface area contributed by atoms with E-state index in [0.29, 0.717) is 18.6 Å². The Morgan fingerprint density at radius 2 is 1.56 bits per heavy atom. The second kappa shape index (κ2) is 9.21. The molecule has 0 aromatic heterocycles. The molecule has 0 fully saturated rings. The number of hydrogen-bond acceptors (Lipinski definition) is 3. The van der Waals surface area contributed by atoms with E-state index in [1.807, 2.05) is 31.2 Å². The quantitative estimate of drug-likeness (QED) is 0.600. The molecule has 0 saturated carbocycles. The number of hydrogen-bond donors (Lipinski definition) is 2. The molecule has 144 valence electrons. The highest BCUT2D eigenvalue weighted by atomic mass is 16.5. The first-order valence-corrected chi connectivity index (χ1v) is 9.15. The molecule has 2 aromatic carbocycles. The number of aryl methyl sites for hydroxylation is 1. The normalized spacial score (nSPS) is 11.0. The molecule has 2 amide bonds. The molecule has 0 radical (unpaired) electrons. The third kappa shape index (κ3) is 6.77. The molecule has 0 atom stereocenters. The van der Waals surface area contributed by atoms with Gasteiger partial charge in [-0.15, -0.1) is 0 Å². The van der Waals surface area contributed by atoms with Crippen molar-refractivity contribution in [3.8, 4) is 5.75 Å². The molecule has 0 unspecified atom stereocenters. The van der Waals surface area contributed by atoms with Crippen LogP contribution in [0.3, 0.4) is 0 Å². The molecule has 0 bridgehead atoms. The van der Waals surface area contributed by atoms with Crippen molar-refractivity contribution in [1.29, 1.82) is 0 Å². The van der Waals surface area contributed by atoms with Gasteiger partial charge in [-0.1, -0.05) is 50.6 Å². The minimum atomic E-state index is -0.335.